The number of carbonyl (C=O) groups excluding carboxylic acids is 1. The van der Waals surface area contributed by atoms with Crippen LogP contribution in [0.1, 0.15) is 33.6 Å². The van der Waals surface area contributed by atoms with Gasteiger partial charge in [-0.15, -0.1) is 0 Å². The molecule has 0 aromatic carbocycles. The van der Waals surface area contributed by atoms with E-state index < -0.39 is 0 Å². The molecular weight excluding hydrogens is 142 g/mol. The SMILES string of the molecule is CCC1(CC)NC(=O)C(C)O1. The third kappa shape index (κ3) is 1.38. The maximum absolute atomic E-state index is 11.1. The summed E-state index contributed by atoms with van der Waals surface area (Å²) in [6.07, 6.45) is 1.38. The van der Waals surface area contributed by atoms with E-state index in [9.17, 15) is 4.79 Å². The summed E-state index contributed by atoms with van der Waals surface area (Å²) in [7, 11) is 0. The van der Waals surface area contributed by atoms with Gasteiger partial charge in [0.2, 0.25) is 0 Å². The van der Waals surface area contributed by atoms with Crippen molar-refractivity contribution in [3.05, 3.63) is 0 Å². The Kier molecular flexibility index (Phi) is 2.18. The van der Waals surface area contributed by atoms with Crippen molar-refractivity contribution in [2.45, 2.75) is 45.4 Å². The summed E-state index contributed by atoms with van der Waals surface area (Å²) in [6, 6.07) is 0. The molecule has 1 rings (SSSR count). The first-order chi connectivity index (χ1) is 5.13. The Hall–Kier alpha value is -0.570. The lowest BCUT2D eigenvalue weighted by molar-refractivity contribution is -0.123. The highest BCUT2D eigenvalue weighted by Gasteiger charge is 2.40. The minimum atomic E-state index is -0.378. The van der Waals surface area contributed by atoms with Crippen LogP contribution in [0.4, 0.5) is 0 Å². The van der Waals surface area contributed by atoms with Gasteiger partial charge < -0.3 is 10.1 Å². The number of ether oxygens (including phenoxy) is 1. The van der Waals surface area contributed by atoms with E-state index in [4.69, 9.17) is 4.74 Å². The molecule has 0 spiro atoms. The van der Waals surface area contributed by atoms with Crippen LogP contribution in [-0.2, 0) is 9.53 Å². The molecule has 0 radical (unpaired) electrons. The van der Waals surface area contributed by atoms with Gasteiger partial charge >= 0.3 is 0 Å². The Labute approximate surface area is 67.1 Å². The zero-order chi connectivity index (χ0) is 8.48. The lowest BCUT2D eigenvalue weighted by atomic mass is 10.1. The van der Waals surface area contributed by atoms with Gasteiger partial charge in [-0.3, -0.25) is 4.79 Å². The number of carbonyl (C=O) groups is 1. The quantitative estimate of drug-likeness (QED) is 0.650. The predicted octanol–water partition coefficient (Wildman–Crippen LogP) is 1.04. The zero-order valence-corrected chi connectivity index (χ0v) is 7.31. The van der Waals surface area contributed by atoms with Crippen LogP contribution < -0.4 is 5.32 Å². The Morgan fingerprint density at radius 2 is 2.09 bits per heavy atom. The fourth-order valence-corrected chi connectivity index (χ4v) is 1.34. The van der Waals surface area contributed by atoms with Gasteiger partial charge in [-0.1, -0.05) is 13.8 Å². The van der Waals surface area contributed by atoms with E-state index in [1.54, 1.807) is 6.92 Å². The summed E-state index contributed by atoms with van der Waals surface area (Å²) < 4.78 is 5.50. The van der Waals surface area contributed by atoms with Crippen LogP contribution in [0.15, 0.2) is 0 Å². The van der Waals surface area contributed by atoms with Gasteiger partial charge in [0.05, 0.1) is 0 Å². The molecule has 1 heterocycles. The first-order valence-electron chi connectivity index (χ1n) is 4.13. The molecule has 3 heteroatoms. The van der Waals surface area contributed by atoms with E-state index in [-0.39, 0.29) is 17.7 Å². The summed E-state index contributed by atoms with van der Waals surface area (Å²) >= 11 is 0. The first-order valence-corrected chi connectivity index (χ1v) is 4.13. The average molecular weight is 157 g/mol. The van der Waals surface area contributed by atoms with E-state index in [2.05, 4.69) is 5.32 Å². The fourth-order valence-electron chi connectivity index (χ4n) is 1.34. The largest absolute Gasteiger partial charge is 0.343 e. The van der Waals surface area contributed by atoms with Crippen LogP contribution in [-0.4, -0.2) is 17.7 Å². The van der Waals surface area contributed by atoms with Crippen LogP contribution in [0.25, 0.3) is 0 Å². The fraction of sp³-hybridized carbons (Fsp3) is 0.875. The molecule has 1 aliphatic rings. The molecule has 1 atom stereocenters. The minimum Gasteiger partial charge on any atom is -0.343 e. The first kappa shape index (κ1) is 8.53. The maximum atomic E-state index is 11.1. The molecule has 0 aliphatic carbocycles. The van der Waals surface area contributed by atoms with Gasteiger partial charge in [-0.05, 0) is 19.8 Å². The van der Waals surface area contributed by atoms with Crippen molar-refractivity contribution in [2.75, 3.05) is 0 Å². The lowest BCUT2D eigenvalue weighted by Gasteiger charge is -2.24. The van der Waals surface area contributed by atoms with Crippen molar-refractivity contribution in [2.24, 2.45) is 0 Å². The third-order valence-electron chi connectivity index (χ3n) is 2.26. The number of rotatable bonds is 2. The van der Waals surface area contributed by atoms with Gasteiger partial charge in [0.25, 0.3) is 5.91 Å². The smallest absolute Gasteiger partial charge is 0.251 e. The summed E-state index contributed by atoms with van der Waals surface area (Å²) in [5.41, 5.74) is -0.378. The second-order valence-electron chi connectivity index (χ2n) is 2.95. The Bertz CT molecular complexity index is 163. The second-order valence-corrected chi connectivity index (χ2v) is 2.95. The number of nitrogens with one attached hydrogen (secondary N) is 1. The number of hydrogen-bond acceptors (Lipinski definition) is 2. The van der Waals surface area contributed by atoms with Crippen molar-refractivity contribution in [3.63, 3.8) is 0 Å². The highest BCUT2D eigenvalue weighted by molar-refractivity contribution is 5.82. The predicted molar refractivity (Wildman–Crippen MR) is 42.0 cm³/mol. The van der Waals surface area contributed by atoms with Crippen LogP contribution in [0.2, 0.25) is 0 Å². The van der Waals surface area contributed by atoms with E-state index >= 15 is 0 Å². The van der Waals surface area contributed by atoms with Crippen LogP contribution in [0, 0.1) is 0 Å². The van der Waals surface area contributed by atoms with Crippen molar-refractivity contribution in [3.8, 4) is 0 Å². The molecule has 1 unspecified atom stereocenters. The van der Waals surface area contributed by atoms with E-state index in [1.807, 2.05) is 13.8 Å². The van der Waals surface area contributed by atoms with E-state index in [1.165, 1.54) is 0 Å². The normalized spacial score (nSPS) is 28.6. The molecule has 1 fully saturated rings. The van der Waals surface area contributed by atoms with Gasteiger partial charge in [0, 0.05) is 0 Å². The highest BCUT2D eigenvalue weighted by Crippen LogP contribution is 2.24. The summed E-state index contributed by atoms with van der Waals surface area (Å²) in [5, 5.41) is 2.86. The Morgan fingerprint density at radius 1 is 1.55 bits per heavy atom. The lowest BCUT2D eigenvalue weighted by Crippen LogP contribution is -2.41. The van der Waals surface area contributed by atoms with Crippen LogP contribution in [0.3, 0.4) is 0 Å². The minimum absolute atomic E-state index is 0.00806. The standard InChI is InChI=1S/C8H15NO2/c1-4-8(5-2)9-7(10)6(3)11-8/h6H,4-5H2,1-3H3,(H,9,10). The topological polar surface area (TPSA) is 38.3 Å². The summed E-state index contributed by atoms with van der Waals surface area (Å²) in [5.74, 6) is 0.00806. The number of hydrogen-bond donors (Lipinski definition) is 1. The monoisotopic (exact) mass is 157 g/mol. The molecule has 0 aromatic heterocycles. The van der Waals surface area contributed by atoms with Crippen molar-refractivity contribution in [1.82, 2.24) is 5.32 Å². The molecule has 1 N–H and O–H groups in total. The molecule has 11 heavy (non-hydrogen) atoms. The maximum Gasteiger partial charge on any atom is 0.251 e. The molecule has 1 saturated heterocycles. The molecular formula is C8H15NO2. The average Bonchev–Trinajstić information content (AvgIpc) is 2.29. The third-order valence-corrected chi connectivity index (χ3v) is 2.26. The zero-order valence-electron chi connectivity index (χ0n) is 7.31. The van der Waals surface area contributed by atoms with Gasteiger partial charge in [-0.25, -0.2) is 0 Å². The van der Waals surface area contributed by atoms with Gasteiger partial charge in [0.15, 0.2) is 0 Å². The van der Waals surface area contributed by atoms with E-state index in [0.717, 1.165) is 12.8 Å². The van der Waals surface area contributed by atoms with Gasteiger partial charge in [0.1, 0.15) is 11.8 Å². The van der Waals surface area contributed by atoms with E-state index in [0.29, 0.717) is 0 Å². The van der Waals surface area contributed by atoms with Crippen molar-refractivity contribution < 1.29 is 9.53 Å². The van der Waals surface area contributed by atoms with Crippen LogP contribution in [0.5, 0.6) is 0 Å². The molecule has 64 valence electrons. The highest BCUT2D eigenvalue weighted by atomic mass is 16.5. The molecule has 1 aliphatic heterocycles. The molecule has 1 amide bonds. The molecule has 0 saturated carbocycles. The summed E-state index contributed by atoms with van der Waals surface area (Å²) in [4.78, 5) is 11.1. The molecule has 3 nitrogen and oxygen atoms in total. The van der Waals surface area contributed by atoms with Gasteiger partial charge in [-0.2, -0.15) is 0 Å². The van der Waals surface area contributed by atoms with Crippen molar-refractivity contribution in [1.29, 1.82) is 0 Å². The molecule has 0 bridgehead atoms. The number of amides is 1. The summed E-state index contributed by atoms with van der Waals surface area (Å²) in [6.45, 7) is 5.81. The Morgan fingerprint density at radius 3 is 2.27 bits per heavy atom. The van der Waals surface area contributed by atoms with Crippen molar-refractivity contribution >= 4 is 5.91 Å². The second kappa shape index (κ2) is 2.81. The molecule has 0 aromatic rings. The van der Waals surface area contributed by atoms with Crippen LogP contribution >= 0.6 is 0 Å². The Balaban J connectivity index is 2.68.